The summed E-state index contributed by atoms with van der Waals surface area (Å²) >= 11 is 4.19. The smallest absolute Gasteiger partial charge is 0.261 e. The maximum absolute atomic E-state index is 13.5. The lowest BCUT2D eigenvalue weighted by Gasteiger charge is -2.51. The van der Waals surface area contributed by atoms with Crippen LogP contribution in [0.15, 0.2) is 48.5 Å². The van der Waals surface area contributed by atoms with E-state index in [4.69, 9.17) is 4.55 Å². The van der Waals surface area contributed by atoms with Crippen LogP contribution in [-0.4, -0.2) is 44.0 Å². The maximum Gasteiger partial charge on any atom is 0.261 e. The standard InChI is InChI=1S/C24H26FNS2.CH4O3S/c1-26(2)23(17-7-9-18(25)10-8-17)12-14-24(15-13-23)22-19-5-3-4-6-20(19)28-21(22)11-16-27-24;1-5(2,3)4/h3-10H,11-16H2,1-2H3;1H3,(H,2,3,4). The van der Waals surface area contributed by atoms with E-state index in [9.17, 15) is 12.8 Å². The maximum atomic E-state index is 13.5. The lowest BCUT2D eigenvalue weighted by molar-refractivity contribution is 0.0848. The molecule has 3 aromatic rings. The van der Waals surface area contributed by atoms with Crippen LogP contribution in [-0.2, 0) is 26.8 Å². The molecule has 1 fully saturated rings. The van der Waals surface area contributed by atoms with Crippen molar-refractivity contribution >= 4 is 43.3 Å². The number of thioether (sulfide) groups is 1. The molecular formula is C25H30FNO3S3. The Morgan fingerprint density at radius 1 is 1.00 bits per heavy atom. The fraction of sp³-hybridized carbons (Fsp3) is 0.440. The number of benzene rings is 2. The summed E-state index contributed by atoms with van der Waals surface area (Å²) < 4.78 is 41.1. The minimum absolute atomic E-state index is 0.00292. The van der Waals surface area contributed by atoms with Crippen LogP contribution in [0.4, 0.5) is 4.39 Å². The zero-order chi connectivity index (χ0) is 23.9. The van der Waals surface area contributed by atoms with Crippen molar-refractivity contribution in [2.45, 2.75) is 42.4 Å². The minimum atomic E-state index is -3.67. The van der Waals surface area contributed by atoms with Crippen molar-refractivity contribution < 1.29 is 17.4 Å². The zero-order valence-electron chi connectivity index (χ0n) is 19.2. The summed E-state index contributed by atoms with van der Waals surface area (Å²) in [5, 5.41) is 1.48. The van der Waals surface area contributed by atoms with E-state index in [0.29, 0.717) is 6.26 Å². The Morgan fingerprint density at radius 3 is 2.21 bits per heavy atom. The molecule has 2 aliphatic rings. The van der Waals surface area contributed by atoms with Gasteiger partial charge >= 0.3 is 0 Å². The number of hydrogen-bond donors (Lipinski definition) is 1. The van der Waals surface area contributed by atoms with Gasteiger partial charge in [-0.1, -0.05) is 30.3 Å². The number of thiophene rings is 1. The third kappa shape index (κ3) is 5.00. The predicted octanol–water partition coefficient (Wildman–Crippen LogP) is 6.06. The molecule has 0 radical (unpaired) electrons. The molecule has 5 rings (SSSR count). The summed E-state index contributed by atoms with van der Waals surface area (Å²) in [6, 6.07) is 16.2. The summed E-state index contributed by atoms with van der Waals surface area (Å²) in [6.45, 7) is 0. The Kier molecular flexibility index (Phi) is 6.95. The second kappa shape index (κ2) is 9.30. The molecule has 1 spiro atoms. The molecule has 0 unspecified atom stereocenters. The molecule has 2 aromatic carbocycles. The predicted molar refractivity (Wildman–Crippen MR) is 137 cm³/mol. The second-order valence-corrected chi connectivity index (χ2v) is 13.2. The highest BCUT2D eigenvalue weighted by atomic mass is 32.2. The summed E-state index contributed by atoms with van der Waals surface area (Å²) in [5.74, 6) is 1.08. The first-order valence-electron chi connectivity index (χ1n) is 11.0. The summed E-state index contributed by atoms with van der Waals surface area (Å²) in [6.07, 6.45) is 6.51. The van der Waals surface area contributed by atoms with Crippen molar-refractivity contribution in [2.24, 2.45) is 0 Å². The highest BCUT2D eigenvalue weighted by Crippen LogP contribution is 2.59. The van der Waals surface area contributed by atoms with Gasteiger partial charge in [0.05, 0.1) is 6.26 Å². The normalized spacial score (nSPS) is 25.0. The number of hydrogen-bond acceptors (Lipinski definition) is 5. The van der Waals surface area contributed by atoms with Crippen LogP contribution in [0.3, 0.4) is 0 Å². The zero-order valence-corrected chi connectivity index (χ0v) is 21.6. The largest absolute Gasteiger partial charge is 0.300 e. The van der Waals surface area contributed by atoms with E-state index in [-0.39, 0.29) is 16.1 Å². The Bertz CT molecular complexity index is 1220. The molecule has 1 saturated carbocycles. The third-order valence-electron chi connectivity index (χ3n) is 6.95. The highest BCUT2D eigenvalue weighted by Gasteiger charge is 2.48. The summed E-state index contributed by atoms with van der Waals surface area (Å²) in [5.41, 5.74) is 2.89. The van der Waals surface area contributed by atoms with Crippen LogP contribution in [0, 0.1) is 5.82 Å². The van der Waals surface area contributed by atoms with Gasteiger partial charge in [0.2, 0.25) is 0 Å². The number of nitrogens with zero attached hydrogens (tertiary/aromatic N) is 1. The van der Waals surface area contributed by atoms with Crippen molar-refractivity contribution in [3.05, 3.63) is 70.4 Å². The van der Waals surface area contributed by atoms with Gasteiger partial charge in [0.15, 0.2) is 0 Å². The molecule has 0 bridgehead atoms. The summed E-state index contributed by atoms with van der Waals surface area (Å²) in [7, 11) is 0.696. The van der Waals surface area contributed by atoms with Gasteiger partial charge < -0.3 is 0 Å². The number of halogens is 1. The molecule has 0 atom stereocenters. The first kappa shape index (κ1) is 24.7. The minimum Gasteiger partial charge on any atom is -0.300 e. The Hall–Kier alpha value is -1.45. The van der Waals surface area contributed by atoms with Crippen LogP contribution in [0.2, 0.25) is 0 Å². The SMILES string of the molecule is CN(C)C1(c2ccc(F)cc2)CCC2(CC1)SCCc1sc3ccccc3c12.CS(=O)(=O)O. The Balaban J connectivity index is 0.000000471. The van der Waals surface area contributed by atoms with Gasteiger partial charge in [0.25, 0.3) is 10.1 Å². The van der Waals surface area contributed by atoms with E-state index < -0.39 is 10.1 Å². The van der Waals surface area contributed by atoms with E-state index >= 15 is 0 Å². The van der Waals surface area contributed by atoms with Gasteiger partial charge in [-0.25, -0.2) is 4.39 Å². The first-order chi connectivity index (χ1) is 15.5. The fourth-order valence-corrected chi connectivity index (χ4v) is 8.46. The van der Waals surface area contributed by atoms with Crippen molar-refractivity contribution in [1.29, 1.82) is 0 Å². The molecule has 33 heavy (non-hydrogen) atoms. The number of rotatable bonds is 2. The van der Waals surface area contributed by atoms with Crippen LogP contribution in [0.1, 0.15) is 41.7 Å². The van der Waals surface area contributed by atoms with Gasteiger partial charge in [-0.05, 0) is 86.7 Å². The quantitative estimate of drug-likeness (QED) is 0.427. The van der Waals surface area contributed by atoms with Crippen molar-refractivity contribution in [2.75, 3.05) is 26.1 Å². The van der Waals surface area contributed by atoms with Gasteiger partial charge in [-0.15, -0.1) is 23.1 Å². The first-order valence-corrected chi connectivity index (χ1v) is 14.7. The molecule has 1 aromatic heterocycles. The van der Waals surface area contributed by atoms with Crippen molar-refractivity contribution in [1.82, 2.24) is 4.90 Å². The molecule has 4 nitrogen and oxygen atoms in total. The molecule has 1 N–H and O–H groups in total. The fourth-order valence-electron chi connectivity index (χ4n) is 5.40. The Labute approximate surface area is 203 Å². The van der Waals surface area contributed by atoms with Gasteiger partial charge in [0, 0.05) is 19.9 Å². The lowest BCUT2D eigenvalue weighted by Crippen LogP contribution is -2.47. The van der Waals surface area contributed by atoms with E-state index in [1.165, 1.54) is 40.7 Å². The third-order valence-corrected chi connectivity index (χ3v) is 9.76. The average Bonchev–Trinajstić information content (AvgIpc) is 3.14. The van der Waals surface area contributed by atoms with Crippen LogP contribution in [0.5, 0.6) is 0 Å². The van der Waals surface area contributed by atoms with Crippen LogP contribution < -0.4 is 0 Å². The molecule has 8 heteroatoms. The van der Waals surface area contributed by atoms with E-state index in [1.807, 2.05) is 23.5 Å². The van der Waals surface area contributed by atoms with Crippen molar-refractivity contribution in [3.8, 4) is 0 Å². The van der Waals surface area contributed by atoms with Crippen LogP contribution >= 0.6 is 23.1 Å². The van der Waals surface area contributed by atoms with E-state index in [0.717, 1.165) is 12.8 Å². The molecule has 0 amide bonds. The van der Waals surface area contributed by atoms with Crippen molar-refractivity contribution in [3.63, 3.8) is 0 Å². The molecule has 1 aliphatic heterocycles. The second-order valence-electron chi connectivity index (χ2n) is 9.16. The Morgan fingerprint density at radius 2 is 1.61 bits per heavy atom. The molecule has 0 saturated heterocycles. The molecule has 178 valence electrons. The number of fused-ring (bicyclic) bond motifs is 4. The van der Waals surface area contributed by atoms with Gasteiger partial charge in [-0.3, -0.25) is 9.45 Å². The van der Waals surface area contributed by atoms with E-state index in [2.05, 4.69) is 55.0 Å². The van der Waals surface area contributed by atoms with E-state index in [1.54, 1.807) is 22.6 Å². The lowest BCUT2D eigenvalue weighted by atomic mass is 9.69. The number of aryl methyl sites for hydroxylation is 1. The van der Waals surface area contributed by atoms with Gasteiger partial charge in [0.1, 0.15) is 5.82 Å². The molecular weight excluding hydrogens is 477 g/mol. The van der Waals surface area contributed by atoms with Crippen LogP contribution in [0.25, 0.3) is 10.1 Å². The monoisotopic (exact) mass is 507 g/mol. The average molecular weight is 508 g/mol. The molecule has 1 aliphatic carbocycles. The highest BCUT2D eigenvalue weighted by molar-refractivity contribution is 8.00. The molecule has 2 heterocycles. The topological polar surface area (TPSA) is 57.6 Å². The summed E-state index contributed by atoms with van der Waals surface area (Å²) in [4.78, 5) is 3.98. The van der Waals surface area contributed by atoms with Gasteiger partial charge in [-0.2, -0.15) is 8.42 Å².